The number of aromatic amines is 1. The van der Waals surface area contributed by atoms with Gasteiger partial charge in [-0.15, -0.1) is 0 Å². The zero-order chi connectivity index (χ0) is 22.5. The maximum absolute atomic E-state index is 15.0. The van der Waals surface area contributed by atoms with Crippen molar-refractivity contribution in [1.82, 2.24) is 4.98 Å². The van der Waals surface area contributed by atoms with E-state index in [1.165, 1.54) is 51.4 Å². The van der Waals surface area contributed by atoms with Gasteiger partial charge in [-0.1, -0.05) is 90.4 Å². The fourth-order valence-electron chi connectivity index (χ4n) is 3.73. The van der Waals surface area contributed by atoms with Crippen molar-refractivity contribution in [2.24, 2.45) is 0 Å². The van der Waals surface area contributed by atoms with Crippen LogP contribution in [-0.2, 0) is 5.79 Å². The van der Waals surface area contributed by atoms with Gasteiger partial charge in [0.05, 0.1) is 0 Å². The minimum Gasteiger partial charge on any atom is -0.250 e. The molecule has 1 heterocycles. The summed E-state index contributed by atoms with van der Waals surface area (Å²) in [7, 11) is 0. The molecule has 1 aromatic rings. The summed E-state index contributed by atoms with van der Waals surface area (Å²) < 4.78 is 81.4. The Kier molecular flexibility index (Phi) is 11.9. The molecule has 2 nitrogen and oxygen atoms in total. The number of halogens is 6. The van der Waals surface area contributed by atoms with Crippen molar-refractivity contribution in [2.45, 2.75) is 121 Å². The largest absolute Gasteiger partial charge is 0.461 e. The van der Waals surface area contributed by atoms with Crippen LogP contribution < -0.4 is 4.57 Å². The van der Waals surface area contributed by atoms with Gasteiger partial charge in [0.25, 0.3) is 0 Å². The van der Waals surface area contributed by atoms with Gasteiger partial charge < -0.3 is 0 Å². The number of nitrogens with zero attached hydrogens (tertiary/aromatic N) is 1. The Balaban J connectivity index is 2.23. The highest BCUT2D eigenvalue weighted by atomic mass is 19.4. The number of nitrogens with one attached hydrogen (secondary N) is 1. The van der Waals surface area contributed by atoms with E-state index >= 15 is 0 Å². The first-order valence-electron chi connectivity index (χ1n) is 11.3. The van der Waals surface area contributed by atoms with Crippen molar-refractivity contribution >= 4 is 0 Å². The molecule has 8 heteroatoms. The molecule has 0 bridgehead atoms. The Labute approximate surface area is 176 Å². The molecule has 0 radical (unpaired) electrons. The number of hydrogen-bond acceptors (Lipinski definition) is 0. The van der Waals surface area contributed by atoms with Gasteiger partial charge in [0.1, 0.15) is 12.4 Å². The van der Waals surface area contributed by atoms with Crippen LogP contribution in [0, 0.1) is 0 Å². The van der Waals surface area contributed by atoms with Crippen LogP contribution in [-0.4, -0.2) is 17.1 Å². The van der Waals surface area contributed by atoms with Crippen LogP contribution in [0.3, 0.4) is 0 Å². The molecule has 0 saturated carbocycles. The number of unbranched alkanes of at least 4 members (excludes halogenated alkanes) is 13. The molecule has 1 N–H and O–H groups in total. The maximum atomic E-state index is 15.0. The smallest absolute Gasteiger partial charge is 0.250 e. The summed E-state index contributed by atoms with van der Waals surface area (Å²) in [5.74, 6) is -9.30. The van der Waals surface area contributed by atoms with E-state index in [2.05, 4.69) is 11.9 Å². The first-order chi connectivity index (χ1) is 14.2. The monoisotopic (exact) mass is 443 g/mol. The standard InChI is InChI=1S/C22H36F6N2/c1-2-3-4-5-6-7-8-9-10-11-12-13-14-15-16-20(23,30-18-17-29-19-30)21(24,25)22(26,27)28/h17-19H,2-16H2,1H3/p+1. The highest BCUT2D eigenvalue weighted by molar-refractivity contribution is 4.87. The molecule has 0 fully saturated rings. The van der Waals surface area contributed by atoms with Crippen LogP contribution in [0.15, 0.2) is 18.7 Å². The average molecular weight is 444 g/mol. The fraction of sp³-hybridized carbons (Fsp3) is 0.864. The summed E-state index contributed by atoms with van der Waals surface area (Å²) in [6.45, 7) is 2.20. The van der Waals surface area contributed by atoms with Crippen molar-refractivity contribution in [1.29, 1.82) is 0 Å². The SMILES string of the molecule is CCCCCCCCCCCCCCCCC(F)([n+]1cc[nH]c1)C(F)(F)C(F)(F)F. The number of hydrogen-bond donors (Lipinski definition) is 1. The lowest BCUT2D eigenvalue weighted by molar-refractivity contribution is -0.820. The molecule has 1 unspecified atom stereocenters. The van der Waals surface area contributed by atoms with E-state index in [1.54, 1.807) is 0 Å². The Hall–Kier alpha value is -1.21. The van der Waals surface area contributed by atoms with Gasteiger partial charge in [0.2, 0.25) is 6.33 Å². The Morgan fingerprint density at radius 3 is 1.47 bits per heavy atom. The maximum Gasteiger partial charge on any atom is 0.461 e. The second-order valence-electron chi connectivity index (χ2n) is 8.20. The Morgan fingerprint density at radius 2 is 1.10 bits per heavy atom. The quantitative estimate of drug-likeness (QED) is 0.143. The molecule has 176 valence electrons. The molecule has 0 aliphatic carbocycles. The predicted molar refractivity (Wildman–Crippen MR) is 106 cm³/mol. The molecule has 0 aromatic carbocycles. The van der Waals surface area contributed by atoms with Crippen molar-refractivity contribution in [3.8, 4) is 0 Å². The van der Waals surface area contributed by atoms with E-state index in [9.17, 15) is 26.3 Å². The first-order valence-corrected chi connectivity index (χ1v) is 11.3. The second kappa shape index (κ2) is 13.3. The van der Waals surface area contributed by atoms with Gasteiger partial charge in [0.15, 0.2) is 0 Å². The minimum atomic E-state index is -5.96. The summed E-state index contributed by atoms with van der Waals surface area (Å²) in [4.78, 5) is 2.33. The highest BCUT2D eigenvalue weighted by Gasteiger charge is 2.74. The third kappa shape index (κ3) is 8.14. The molecule has 1 rings (SSSR count). The zero-order valence-electron chi connectivity index (χ0n) is 18.1. The number of rotatable bonds is 17. The van der Waals surface area contributed by atoms with Crippen LogP contribution in [0.1, 0.15) is 103 Å². The minimum absolute atomic E-state index is 0.0297. The molecule has 0 saturated heterocycles. The molecule has 1 aromatic heterocycles. The Morgan fingerprint density at radius 1 is 0.667 bits per heavy atom. The van der Waals surface area contributed by atoms with Crippen LogP contribution in [0.25, 0.3) is 0 Å². The molecule has 0 spiro atoms. The summed E-state index contributed by atoms with van der Waals surface area (Å²) in [6.07, 6.45) is 10.2. The lowest BCUT2D eigenvalue weighted by atomic mass is 9.97. The highest BCUT2D eigenvalue weighted by Crippen LogP contribution is 2.48. The van der Waals surface area contributed by atoms with E-state index in [0.717, 1.165) is 38.0 Å². The van der Waals surface area contributed by atoms with Gasteiger partial charge in [-0.25, -0.2) is 0 Å². The van der Waals surface area contributed by atoms with E-state index in [-0.39, 0.29) is 6.42 Å². The predicted octanol–water partition coefficient (Wildman–Crippen LogP) is 7.99. The fourth-order valence-corrected chi connectivity index (χ4v) is 3.73. The molecule has 0 amide bonds. The van der Waals surface area contributed by atoms with Gasteiger partial charge in [-0.2, -0.15) is 30.9 Å². The van der Waals surface area contributed by atoms with Crippen molar-refractivity contribution in [3.05, 3.63) is 18.7 Å². The lowest BCUT2D eigenvalue weighted by Crippen LogP contribution is -2.67. The third-order valence-electron chi connectivity index (χ3n) is 5.65. The van der Waals surface area contributed by atoms with Crippen LogP contribution in [0.2, 0.25) is 0 Å². The number of imidazole rings is 1. The van der Waals surface area contributed by atoms with Crippen molar-refractivity contribution in [2.75, 3.05) is 0 Å². The molecule has 30 heavy (non-hydrogen) atoms. The number of aromatic nitrogens is 2. The van der Waals surface area contributed by atoms with Crippen molar-refractivity contribution in [3.63, 3.8) is 0 Å². The van der Waals surface area contributed by atoms with E-state index < -0.39 is 24.3 Å². The lowest BCUT2D eigenvalue weighted by Gasteiger charge is -2.31. The van der Waals surface area contributed by atoms with Crippen LogP contribution in [0.4, 0.5) is 26.3 Å². The summed E-state index contributed by atoms with van der Waals surface area (Å²) in [6, 6.07) is 0. The molecule has 1 atom stereocenters. The average Bonchev–Trinajstić information content (AvgIpc) is 3.22. The van der Waals surface area contributed by atoms with Crippen LogP contribution >= 0.6 is 0 Å². The second-order valence-corrected chi connectivity index (χ2v) is 8.20. The summed E-state index contributed by atoms with van der Waals surface area (Å²) in [5.41, 5.74) is 0. The topological polar surface area (TPSA) is 19.7 Å². The van der Waals surface area contributed by atoms with Gasteiger partial charge in [-0.05, 0) is 6.42 Å². The Bertz CT molecular complexity index is 544. The molecular formula is C22H37F6N2+. The molecule has 0 aliphatic rings. The van der Waals surface area contributed by atoms with Crippen molar-refractivity contribution < 1.29 is 30.9 Å². The third-order valence-corrected chi connectivity index (χ3v) is 5.65. The molecular weight excluding hydrogens is 406 g/mol. The summed E-state index contributed by atoms with van der Waals surface area (Å²) >= 11 is 0. The van der Waals surface area contributed by atoms with Gasteiger partial charge in [0, 0.05) is 6.42 Å². The number of H-pyrrole nitrogens is 1. The number of alkyl halides is 6. The van der Waals surface area contributed by atoms with E-state index in [0.29, 0.717) is 17.4 Å². The molecule has 0 aliphatic heterocycles. The normalized spacial score (nSPS) is 14.8. The van der Waals surface area contributed by atoms with Gasteiger partial charge >= 0.3 is 17.9 Å². The van der Waals surface area contributed by atoms with Gasteiger partial charge in [-0.3, -0.25) is 4.98 Å². The van der Waals surface area contributed by atoms with E-state index in [4.69, 9.17) is 0 Å². The zero-order valence-corrected chi connectivity index (χ0v) is 18.1. The van der Waals surface area contributed by atoms with E-state index in [1.807, 2.05) is 0 Å². The van der Waals surface area contributed by atoms with Crippen LogP contribution in [0.5, 0.6) is 0 Å². The summed E-state index contributed by atoms with van der Waals surface area (Å²) in [5, 5.41) is 0. The first kappa shape index (κ1) is 26.8.